The Morgan fingerprint density at radius 2 is 1.86 bits per heavy atom. The summed E-state index contributed by atoms with van der Waals surface area (Å²) in [7, 11) is 0. The summed E-state index contributed by atoms with van der Waals surface area (Å²) in [6, 6.07) is 16.7. The maximum absolute atomic E-state index is 12.2. The van der Waals surface area contributed by atoms with E-state index in [1.807, 2.05) is 54.6 Å². The van der Waals surface area contributed by atoms with E-state index in [2.05, 4.69) is 5.32 Å². The largest absolute Gasteiger partial charge is 0.390 e. The zero-order valence-electron chi connectivity index (χ0n) is 12.3. The van der Waals surface area contributed by atoms with Crippen molar-refractivity contribution in [2.75, 3.05) is 0 Å². The molecule has 1 amide bonds. The lowest BCUT2D eigenvalue weighted by atomic mass is 10.0. The minimum atomic E-state index is -0.575. The van der Waals surface area contributed by atoms with Crippen LogP contribution in [0.5, 0.6) is 0 Å². The van der Waals surface area contributed by atoms with Crippen LogP contribution >= 0.6 is 0 Å². The molecule has 0 aliphatic heterocycles. The highest BCUT2D eigenvalue weighted by Crippen LogP contribution is 2.31. The van der Waals surface area contributed by atoms with Crippen molar-refractivity contribution in [1.82, 2.24) is 5.32 Å². The number of amides is 1. The van der Waals surface area contributed by atoms with Gasteiger partial charge in [-0.3, -0.25) is 4.79 Å². The van der Waals surface area contributed by atoms with Gasteiger partial charge in [-0.2, -0.15) is 0 Å². The minimum absolute atomic E-state index is 0.142. The van der Waals surface area contributed by atoms with Crippen molar-refractivity contribution in [2.24, 2.45) is 5.73 Å². The summed E-state index contributed by atoms with van der Waals surface area (Å²) in [6.07, 6.45) is 0.204. The number of hydrogen-bond donors (Lipinski definition) is 3. The minimum Gasteiger partial charge on any atom is -0.390 e. The van der Waals surface area contributed by atoms with E-state index in [9.17, 15) is 9.90 Å². The number of nitrogens with one attached hydrogen (secondary N) is 1. The molecule has 3 rings (SSSR count). The van der Waals surface area contributed by atoms with E-state index in [1.54, 1.807) is 0 Å². The Kier molecular flexibility index (Phi) is 4.22. The fraction of sp³-hybridized carbons (Fsp3) is 0.278. The maximum atomic E-state index is 12.2. The van der Waals surface area contributed by atoms with E-state index < -0.39 is 6.10 Å². The average Bonchev–Trinajstić information content (AvgIpc) is 2.84. The topological polar surface area (TPSA) is 75.4 Å². The van der Waals surface area contributed by atoms with Gasteiger partial charge < -0.3 is 16.2 Å². The van der Waals surface area contributed by atoms with Crippen molar-refractivity contribution in [3.63, 3.8) is 0 Å². The van der Waals surface area contributed by atoms with E-state index in [1.165, 1.54) is 0 Å². The predicted octanol–water partition coefficient (Wildman–Crippen LogP) is 1.85. The molecule has 0 aromatic heterocycles. The van der Waals surface area contributed by atoms with Gasteiger partial charge in [0.1, 0.15) is 0 Å². The predicted molar refractivity (Wildman–Crippen MR) is 85.0 cm³/mol. The first kappa shape index (κ1) is 14.8. The van der Waals surface area contributed by atoms with Crippen molar-refractivity contribution in [3.8, 4) is 0 Å². The molecular formula is C18H20N2O2. The lowest BCUT2D eigenvalue weighted by molar-refractivity contribution is -0.123. The van der Waals surface area contributed by atoms with Crippen LogP contribution in [0, 0.1) is 0 Å². The Labute approximate surface area is 130 Å². The summed E-state index contributed by atoms with van der Waals surface area (Å²) in [5, 5.41) is 13.1. The molecule has 0 bridgehead atoms. The van der Waals surface area contributed by atoms with Gasteiger partial charge in [0, 0.05) is 18.9 Å². The molecule has 0 fully saturated rings. The third-order valence-electron chi connectivity index (χ3n) is 4.15. The average molecular weight is 296 g/mol. The van der Waals surface area contributed by atoms with Crippen LogP contribution in [0.1, 0.15) is 35.2 Å². The SMILES string of the molecule is NC(CC(=O)N[C@H]1c2ccccc2C[C@H]1O)c1ccccc1. The Hall–Kier alpha value is -2.17. The Bertz CT molecular complexity index is 657. The normalized spacial score (nSPS) is 21.2. The number of aliphatic hydroxyl groups excluding tert-OH is 1. The Morgan fingerprint density at radius 1 is 1.18 bits per heavy atom. The highest BCUT2D eigenvalue weighted by Gasteiger charge is 2.32. The first-order valence-electron chi connectivity index (χ1n) is 7.51. The first-order valence-corrected chi connectivity index (χ1v) is 7.51. The molecule has 0 saturated carbocycles. The van der Waals surface area contributed by atoms with Crippen LogP contribution in [0.2, 0.25) is 0 Å². The van der Waals surface area contributed by atoms with Gasteiger partial charge in [0.15, 0.2) is 0 Å². The molecule has 4 heteroatoms. The molecule has 114 valence electrons. The lowest BCUT2D eigenvalue weighted by Crippen LogP contribution is -2.35. The molecule has 1 aliphatic rings. The van der Waals surface area contributed by atoms with Gasteiger partial charge in [0.2, 0.25) is 5.91 Å². The number of carbonyl (C=O) groups excluding carboxylic acids is 1. The zero-order chi connectivity index (χ0) is 15.5. The standard InChI is InChI=1S/C18H20N2O2/c19-15(12-6-2-1-3-7-12)11-17(22)20-18-14-9-5-4-8-13(14)10-16(18)21/h1-9,15-16,18,21H,10-11,19H2,(H,20,22)/t15?,16-,18+/m1/s1. The highest BCUT2D eigenvalue weighted by atomic mass is 16.3. The number of rotatable bonds is 4. The van der Waals surface area contributed by atoms with E-state index in [-0.39, 0.29) is 24.4 Å². The second-order valence-corrected chi connectivity index (χ2v) is 5.74. The van der Waals surface area contributed by atoms with Gasteiger partial charge >= 0.3 is 0 Å². The molecule has 4 nitrogen and oxygen atoms in total. The summed E-state index contributed by atoms with van der Waals surface area (Å²) < 4.78 is 0. The smallest absolute Gasteiger partial charge is 0.222 e. The fourth-order valence-electron chi connectivity index (χ4n) is 3.00. The molecule has 2 aromatic rings. The van der Waals surface area contributed by atoms with Crippen molar-refractivity contribution in [1.29, 1.82) is 0 Å². The van der Waals surface area contributed by atoms with Crippen LogP contribution in [-0.4, -0.2) is 17.1 Å². The van der Waals surface area contributed by atoms with Crippen LogP contribution in [0.25, 0.3) is 0 Å². The van der Waals surface area contributed by atoms with Crippen molar-refractivity contribution >= 4 is 5.91 Å². The van der Waals surface area contributed by atoms with Gasteiger partial charge in [0.05, 0.1) is 12.1 Å². The molecule has 0 radical (unpaired) electrons. The molecular weight excluding hydrogens is 276 g/mol. The number of aliphatic hydroxyl groups is 1. The third-order valence-corrected chi connectivity index (χ3v) is 4.15. The van der Waals surface area contributed by atoms with E-state index >= 15 is 0 Å². The molecule has 4 N–H and O–H groups in total. The number of nitrogens with two attached hydrogens (primary N) is 1. The second kappa shape index (κ2) is 6.30. The van der Waals surface area contributed by atoms with Crippen molar-refractivity contribution in [3.05, 3.63) is 71.3 Å². The van der Waals surface area contributed by atoms with E-state index in [0.717, 1.165) is 16.7 Å². The van der Waals surface area contributed by atoms with Gasteiger partial charge in [-0.15, -0.1) is 0 Å². The van der Waals surface area contributed by atoms with Gasteiger partial charge in [-0.1, -0.05) is 54.6 Å². The molecule has 22 heavy (non-hydrogen) atoms. The fourth-order valence-corrected chi connectivity index (χ4v) is 3.00. The van der Waals surface area contributed by atoms with Crippen molar-refractivity contribution in [2.45, 2.75) is 31.0 Å². The Morgan fingerprint density at radius 3 is 2.64 bits per heavy atom. The molecule has 3 atom stereocenters. The quantitative estimate of drug-likeness (QED) is 0.806. The molecule has 1 unspecified atom stereocenters. The first-order chi connectivity index (χ1) is 10.6. The lowest BCUT2D eigenvalue weighted by Gasteiger charge is -2.19. The van der Waals surface area contributed by atoms with Crippen LogP contribution in [0.3, 0.4) is 0 Å². The monoisotopic (exact) mass is 296 g/mol. The van der Waals surface area contributed by atoms with Crippen LogP contribution in [0.15, 0.2) is 54.6 Å². The summed E-state index contributed by atoms with van der Waals surface area (Å²) >= 11 is 0. The highest BCUT2D eigenvalue weighted by molar-refractivity contribution is 5.77. The van der Waals surface area contributed by atoms with Crippen molar-refractivity contribution < 1.29 is 9.90 Å². The van der Waals surface area contributed by atoms with E-state index in [4.69, 9.17) is 5.73 Å². The summed E-state index contributed by atoms with van der Waals surface area (Å²) in [6.45, 7) is 0. The third kappa shape index (κ3) is 3.03. The summed E-state index contributed by atoms with van der Waals surface area (Å²) in [5.41, 5.74) is 9.10. The molecule has 1 aliphatic carbocycles. The van der Waals surface area contributed by atoms with Crippen LogP contribution in [0.4, 0.5) is 0 Å². The number of benzene rings is 2. The molecule has 2 aromatic carbocycles. The summed E-state index contributed by atoms with van der Waals surface area (Å²) in [4.78, 5) is 12.2. The molecule has 0 spiro atoms. The maximum Gasteiger partial charge on any atom is 0.222 e. The van der Waals surface area contributed by atoms with Crippen LogP contribution in [-0.2, 0) is 11.2 Å². The van der Waals surface area contributed by atoms with Crippen LogP contribution < -0.4 is 11.1 Å². The number of fused-ring (bicyclic) bond motifs is 1. The molecule has 0 saturated heterocycles. The Balaban J connectivity index is 1.65. The van der Waals surface area contributed by atoms with Gasteiger partial charge in [0.25, 0.3) is 0 Å². The molecule has 0 heterocycles. The summed E-state index contributed by atoms with van der Waals surface area (Å²) in [5.74, 6) is -0.142. The second-order valence-electron chi connectivity index (χ2n) is 5.74. The number of carbonyl (C=O) groups is 1. The van der Waals surface area contributed by atoms with E-state index in [0.29, 0.717) is 6.42 Å². The number of hydrogen-bond acceptors (Lipinski definition) is 3. The zero-order valence-corrected chi connectivity index (χ0v) is 12.3. The van der Waals surface area contributed by atoms with Gasteiger partial charge in [-0.05, 0) is 16.7 Å². The van der Waals surface area contributed by atoms with Gasteiger partial charge in [-0.25, -0.2) is 0 Å².